The number of rotatable bonds is 7. The molecule has 35 heavy (non-hydrogen) atoms. The van der Waals surface area contributed by atoms with E-state index >= 15 is 0 Å². The van der Waals surface area contributed by atoms with Crippen molar-refractivity contribution < 1.29 is 19.1 Å². The summed E-state index contributed by atoms with van der Waals surface area (Å²) in [7, 11) is 0. The van der Waals surface area contributed by atoms with Gasteiger partial charge in [-0.25, -0.2) is 0 Å². The SMILES string of the molecule is C=C1CCC(N2Cc3cc(CCC(=O)c4cccc(NC5CCOCC5)c4)ccc3C2=O)C(=O)N1. The number of carbonyl (C=O) groups is 3. The van der Waals surface area contributed by atoms with Crippen molar-refractivity contribution in [2.24, 2.45) is 0 Å². The normalized spacial score (nSPS) is 20.5. The van der Waals surface area contributed by atoms with Crippen LogP contribution in [-0.4, -0.2) is 47.8 Å². The molecule has 2 amide bonds. The number of benzene rings is 2. The highest BCUT2D eigenvalue weighted by Gasteiger charge is 2.38. The third kappa shape index (κ3) is 5.15. The van der Waals surface area contributed by atoms with Crippen LogP contribution >= 0.6 is 0 Å². The number of carbonyl (C=O) groups excluding carboxylic acids is 3. The van der Waals surface area contributed by atoms with Gasteiger partial charge in [-0.1, -0.05) is 30.8 Å². The average molecular weight is 474 g/mol. The summed E-state index contributed by atoms with van der Waals surface area (Å²) in [5.74, 6) is -0.177. The summed E-state index contributed by atoms with van der Waals surface area (Å²) in [6, 6.07) is 13.4. The van der Waals surface area contributed by atoms with Crippen molar-refractivity contribution in [2.75, 3.05) is 18.5 Å². The van der Waals surface area contributed by atoms with Gasteiger partial charge in [0.15, 0.2) is 5.78 Å². The van der Waals surface area contributed by atoms with Crippen molar-refractivity contribution in [3.05, 3.63) is 77.0 Å². The smallest absolute Gasteiger partial charge is 0.255 e. The van der Waals surface area contributed by atoms with E-state index in [-0.39, 0.29) is 17.6 Å². The van der Waals surface area contributed by atoms with Crippen LogP contribution in [0.3, 0.4) is 0 Å². The predicted molar refractivity (Wildman–Crippen MR) is 133 cm³/mol. The topological polar surface area (TPSA) is 87.7 Å². The molecule has 3 aliphatic heterocycles. The molecule has 3 heterocycles. The Bertz CT molecular complexity index is 1170. The summed E-state index contributed by atoms with van der Waals surface area (Å²) >= 11 is 0. The van der Waals surface area contributed by atoms with Crippen molar-refractivity contribution in [1.82, 2.24) is 10.2 Å². The molecular weight excluding hydrogens is 442 g/mol. The second kappa shape index (κ2) is 10.0. The molecule has 1 unspecified atom stereocenters. The highest BCUT2D eigenvalue weighted by Crippen LogP contribution is 2.29. The number of Topliss-reactive ketones (excluding diaryl/α,β-unsaturated/α-hetero) is 1. The standard InChI is InChI=1S/C28H31N3O4/c1-18-5-9-25(27(33)29-18)31-17-21-15-19(6-8-24(21)28(31)34)7-10-26(32)20-3-2-4-23(16-20)30-22-11-13-35-14-12-22/h2-4,6,8,15-16,22,25,30H,1,5,7,9-14,17H2,(H,29,33). The second-order valence-corrected chi connectivity index (χ2v) is 9.61. The number of fused-ring (bicyclic) bond motifs is 1. The van der Waals surface area contributed by atoms with Gasteiger partial charge in [0.25, 0.3) is 5.91 Å². The molecule has 2 N–H and O–H groups in total. The summed E-state index contributed by atoms with van der Waals surface area (Å²) in [5.41, 5.74) is 4.95. The molecule has 182 valence electrons. The average Bonchev–Trinajstić information content (AvgIpc) is 3.18. The van der Waals surface area contributed by atoms with Crippen molar-refractivity contribution in [1.29, 1.82) is 0 Å². The number of hydrogen-bond donors (Lipinski definition) is 2. The summed E-state index contributed by atoms with van der Waals surface area (Å²) in [6.07, 6.45) is 4.20. The number of aryl methyl sites for hydroxylation is 1. The molecule has 0 aliphatic carbocycles. The molecule has 5 rings (SSSR count). The van der Waals surface area contributed by atoms with Gasteiger partial charge in [0.05, 0.1) is 0 Å². The van der Waals surface area contributed by atoms with Gasteiger partial charge in [-0.2, -0.15) is 0 Å². The summed E-state index contributed by atoms with van der Waals surface area (Å²) < 4.78 is 5.42. The first kappa shape index (κ1) is 23.3. The second-order valence-electron chi connectivity index (χ2n) is 9.61. The van der Waals surface area contributed by atoms with E-state index in [9.17, 15) is 14.4 Å². The lowest BCUT2D eigenvalue weighted by atomic mass is 9.99. The highest BCUT2D eigenvalue weighted by molar-refractivity contribution is 6.01. The van der Waals surface area contributed by atoms with Gasteiger partial charge in [0, 0.05) is 54.7 Å². The number of ether oxygens (including phenoxy) is 1. The minimum absolute atomic E-state index is 0.0953. The first-order chi connectivity index (χ1) is 17.0. The van der Waals surface area contributed by atoms with E-state index in [0.717, 1.165) is 42.9 Å². The quantitative estimate of drug-likeness (QED) is 0.597. The maximum Gasteiger partial charge on any atom is 0.255 e. The number of anilines is 1. The van der Waals surface area contributed by atoms with Crippen LogP contribution in [0.4, 0.5) is 5.69 Å². The molecule has 1 atom stereocenters. The Morgan fingerprint density at radius 3 is 2.74 bits per heavy atom. The van der Waals surface area contributed by atoms with Gasteiger partial charge in [-0.15, -0.1) is 0 Å². The summed E-state index contributed by atoms with van der Waals surface area (Å²) in [6.45, 7) is 5.77. The Morgan fingerprint density at radius 1 is 1.11 bits per heavy atom. The number of piperidine rings is 1. The molecule has 3 aliphatic rings. The summed E-state index contributed by atoms with van der Waals surface area (Å²) in [4.78, 5) is 39.9. The number of ketones is 1. The van der Waals surface area contributed by atoms with E-state index in [1.54, 1.807) is 4.90 Å². The Balaban J connectivity index is 1.20. The molecule has 0 saturated carbocycles. The molecule has 2 saturated heterocycles. The lowest BCUT2D eigenvalue weighted by Crippen LogP contribution is -2.49. The monoisotopic (exact) mass is 473 g/mol. The van der Waals surface area contributed by atoms with Crippen LogP contribution in [-0.2, 0) is 22.5 Å². The maximum absolute atomic E-state index is 12.9. The molecule has 0 bridgehead atoms. The van der Waals surface area contributed by atoms with Crippen LogP contribution in [0.2, 0.25) is 0 Å². The molecule has 2 fully saturated rings. The first-order valence-electron chi connectivity index (χ1n) is 12.4. The number of hydrogen-bond acceptors (Lipinski definition) is 5. The van der Waals surface area contributed by atoms with Gasteiger partial charge in [0.2, 0.25) is 5.91 Å². The fraction of sp³-hybridized carbons (Fsp3) is 0.393. The minimum Gasteiger partial charge on any atom is -0.382 e. The third-order valence-corrected chi connectivity index (χ3v) is 7.12. The van der Waals surface area contributed by atoms with Crippen LogP contribution in [0.25, 0.3) is 0 Å². The highest BCUT2D eigenvalue weighted by atomic mass is 16.5. The van der Waals surface area contributed by atoms with Crippen LogP contribution in [0.5, 0.6) is 0 Å². The molecule has 7 nitrogen and oxygen atoms in total. The van der Waals surface area contributed by atoms with E-state index in [4.69, 9.17) is 4.74 Å². The van der Waals surface area contributed by atoms with E-state index < -0.39 is 6.04 Å². The Morgan fingerprint density at radius 2 is 1.94 bits per heavy atom. The van der Waals surface area contributed by atoms with Crippen molar-refractivity contribution >= 4 is 23.3 Å². The Labute approximate surface area is 205 Å². The number of amides is 2. The van der Waals surface area contributed by atoms with Gasteiger partial charge in [-0.3, -0.25) is 14.4 Å². The zero-order valence-electron chi connectivity index (χ0n) is 19.8. The Kier molecular flexibility index (Phi) is 6.68. The predicted octanol–water partition coefficient (Wildman–Crippen LogP) is 3.84. The van der Waals surface area contributed by atoms with E-state index in [1.807, 2.05) is 42.5 Å². The largest absolute Gasteiger partial charge is 0.382 e. The van der Waals surface area contributed by atoms with Gasteiger partial charge >= 0.3 is 0 Å². The molecule has 0 aromatic heterocycles. The number of nitrogens with zero attached hydrogens (tertiary/aromatic N) is 1. The zero-order valence-corrected chi connectivity index (χ0v) is 19.8. The number of nitrogens with one attached hydrogen (secondary N) is 2. The van der Waals surface area contributed by atoms with E-state index in [2.05, 4.69) is 17.2 Å². The van der Waals surface area contributed by atoms with Crippen molar-refractivity contribution in [3.63, 3.8) is 0 Å². The molecular formula is C28H31N3O4. The molecule has 0 spiro atoms. The van der Waals surface area contributed by atoms with E-state index in [0.29, 0.717) is 55.1 Å². The lowest BCUT2D eigenvalue weighted by Gasteiger charge is -2.30. The van der Waals surface area contributed by atoms with Crippen molar-refractivity contribution in [3.8, 4) is 0 Å². The molecule has 2 aromatic carbocycles. The number of allylic oxidation sites excluding steroid dienone is 1. The fourth-order valence-corrected chi connectivity index (χ4v) is 5.13. The maximum atomic E-state index is 12.9. The van der Waals surface area contributed by atoms with Gasteiger partial charge in [0.1, 0.15) is 6.04 Å². The van der Waals surface area contributed by atoms with Crippen LogP contribution in [0.15, 0.2) is 54.7 Å². The van der Waals surface area contributed by atoms with E-state index in [1.165, 1.54) is 0 Å². The zero-order chi connectivity index (χ0) is 24.4. The van der Waals surface area contributed by atoms with Crippen LogP contribution in [0.1, 0.15) is 63.9 Å². The minimum atomic E-state index is -0.465. The first-order valence-corrected chi connectivity index (χ1v) is 12.4. The molecule has 0 radical (unpaired) electrons. The molecule has 7 heteroatoms. The van der Waals surface area contributed by atoms with Crippen LogP contribution < -0.4 is 10.6 Å². The fourth-order valence-electron chi connectivity index (χ4n) is 5.13. The van der Waals surface area contributed by atoms with Crippen LogP contribution in [0, 0.1) is 0 Å². The third-order valence-electron chi connectivity index (χ3n) is 7.12. The van der Waals surface area contributed by atoms with Gasteiger partial charge < -0.3 is 20.3 Å². The Hall–Kier alpha value is -3.45. The summed E-state index contributed by atoms with van der Waals surface area (Å²) in [5, 5.41) is 6.28. The molecule has 2 aromatic rings. The lowest BCUT2D eigenvalue weighted by molar-refractivity contribution is -0.126. The van der Waals surface area contributed by atoms with Crippen molar-refractivity contribution in [2.45, 2.75) is 57.2 Å². The van der Waals surface area contributed by atoms with Gasteiger partial charge in [-0.05, 0) is 61.4 Å².